The first-order chi connectivity index (χ1) is 7.26. The Kier molecular flexibility index (Phi) is 3.32. The Labute approximate surface area is 94.5 Å². The number of hydrogen-bond donors (Lipinski definition) is 1. The molecule has 0 saturated heterocycles. The first kappa shape index (κ1) is 11.0. The van der Waals surface area contributed by atoms with Gasteiger partial charge in [-0.05, 0) is 25.2 Å². The van der Waals surface area contributed by atoms with Gasteiger partial charge in [0.05, 0.1) is 0 Å². The van der Waals surface area contributed by atoms with E-state index in [0.717, 1.165) is 12.1 Å². The number of thioether (sulfide) groups is 1. The van der Waals surface area contributed by atoms with Gasteiger partial charge in [-0.3, -0.25) is 0 Å². The number of halogens is 1. The van der Waals surface area contributed by atoms with Crippen LogP contribution >= 0.6 is 11.8 Å². The summed E-state index contributed by atoms with van der Waals surface area (Å²) in [7, 11) is 0. The molecule has 0 heterocycles. The zero-order valence-corrected chi connectivity index (χ0v) is 9.74. The van der Waals surface area contributed by atoms with Crippen molar-refractivity contribution in [1.29, 1.82) is 0 Å². The molecule has 1 N–H and O–H groups in total. The third kappa shape index (κ3) is 2.73. The van der Waals surface area contributed by atoms with E-state index in [0.29, 0.717) is 11.3 Å². The third-order valence-electron chi connectivity index (χ3n) is 2.96. The third-order valence-corrected chi connectivity index (χ3v) is 4.38. The standard InChI is InChI=1S/C12H16FNS/c1-15-12(6-7-12)9-14-8-10-4-2-3-5-11(10)13/h2-5,14H,6-9H2,1H3. The van der Waals surface area contributed by atoms with Crippen LogP contribution in [0.5, 0.6) is 0 Å². The first-order valence-electron chi connectivity index (χ1n) is 5.25. The van der Waals surface area contributed by atoms with Gasteiger partial charge in [0.25, 0.3) is 0 Å². The highest BCUT2D eigenvalue weighted by Gasteiger charge is 2.41. The molecule has 0 spiro atoms. The highest BCUT2D eigenvalue weighted by atomic mass is 32.2. The lowest BCUT2D eigenvalue weighted by atomic mass is 10.2. The molecule has 0 unspecified atom stereocenters. The largest absolute Gasteiger partial charge is 0.311 e. The van der Waals surface area contributed by atoms with Crippen LogP contribution in [0.25, 0.3) is 0 Å². The molecule has 1 aromatic carbocycles. The minimum absolute atomic E-state index is 0.112. The lowest BCUT2D eigenvalue weighted by Crippen LogP contribution is -2.25. The maximum absolute atomic E-state index is 13.3. The van der Waals surface area contributed by atoms with Crippen molar-refractivity contribution in [2.75, 3.05) is 12.8 Å². The molecule has 0 aliphatic heterocycles. The molecular weight excluding hydrogens is 209 g/mol. The fourth-order valence-electron chi connectivity index (χ4n) is 1.66. The molecule has 2 rings (SSSR count). The van der Waals surface area contributed by atoms with Crippen molar-refractivity contribution in [1.82, 2.24) is 5.32 Å². The van der Waals surface area contributed by atoms with Gasteiger partial charge in [0.2, 0.25) is 0 Å². The van der Waals surface area contributed by atoms with Crippen LogP contribution in [-0.2, 0) is 6.54 Å². The molecule has 3 heteroatoms. The number of benzene rings is 1. The maximum atomic E-state index is 13.3. The van der Waals surface area contributed by atoms with E-state index >= 15 is 0 Å². The lowest BCUT2D eigenvalue weighted by Gasteiger charge is -2.13. The summed E-state index contributed by atoms with van der Waals surface area (Å²) in [6.07, 6.45) is 4.73. The fraction of sp³-hybridized carbons (Fsp3) is 0.500. The van der Waals surface area contributed by atoms with Gasteiger partial charge in [-0.1, -0.05) is 18.2 Å². The van der Waals surface area contributed by atoms with Crippen LogP contribution in [0.1, 0.15) is 18.4 Å². The molecule has 15 heavy (non-hydrogen) atoms. The van der Waals surface area contributed by atoms with E-state index in [1.807, 2.05) is 23.9 Å². The van der Waals surface area contributed by atoms with E-state index in [2.05, 4.69) is 11.6 Å². The maximum Gasteiger partial charge on any atom is 0.127 e. The Morgan fingerprint density at radius 3 is 2.73 bits per heavy atom. The Balaban J connectivity index is 1.81. The van der Waals surface area contributed by atoms with E-state index in [-0.39, 0.29) is 5.82 Å². The van der Waals surface area contributed by atoms with E-state index in [1.165, 1.54) is 18.9 Å². The SMILES string of the molecule is CSC1(CNCc2ccccc2F)CC1. The van der Waals surface area contributed by atoms with Crippen molar-refractivity contribution < 1.29 is 4.39 Å². The molecule has 0 aromatic heterocycles. The Morgan fingerprint density at radius 2 is 2.13 bits per heavy atom. The van der Waals surface area contributed by atoms with Gasteiger partial charge in [-0.25, -0.2) is 4.39 Å². The zero-order valence-electron chi connectivity index (χ0n) is 8.92. The Bertz CT molecular complexity index is 336. The molecule has 1 saturated carbocycles. The summed E-state index contributed by atoms with van der Waals surface area (Å²) in [4.78, 5) is 0. The second-order valence-corrected chi connectivity index (χ2v) is 5.36. The summed E-state index contributed by atoms with van der Waals surface area (Å²) in [6.45, 7) is 1.62. The van der Waals surface area contributed by atoms with Crippen molar-refractivity contribution >= 4 is 11.8 Å². The van der Waals surface area contributed by atoms with Gasteiger partial charge in [0, 0.05) is 23.4 Å². The molecule has 1 aliphatic carbocycles. The van der Waals surface area contributed by atoms with Gasteiger partial charge < -0.3 is 5.32 Å². The molecule has 0 radical (unpaired) electrons. The van der Waals surface area contributed by atoms with E-state index in [4.69, 9.17) is 0 Å². The van der Waals surface area contributed by atoms with Crippen LogP contribution < -0.4 is 5.32 Å². The molecule has 1 aliphatic rings. The van der Waals surface area contributed by atoms with Crippen LogP contribution in [0.3, 0.4) is 0 Å². The fourth-order valence-corrected chi connectivity index (χ4v) is 2.42. The summed E-state index contributed by atoms with van der Waals surface area (Å²) in [5.74, 6) is -0.112. The lowest BCUT2D eigenvalue weighted by molar-refractivity contribution is 0.584. The van der Waals surface area contributed by atoms with Crippen molar-refractivity contribution in [3.8, 4) is 0 Å². The van der Waals surface area contributed by atoms with Crippen molar-refractivity contribution in [2.24, 2.45) is 0 Å². The van der Waals surface area contributed by atoms with Crippen LogP contribution in [0, 0.1) is 5.82 Å². The van der Waals surface area contributed by atoms with E-state index in [9.17, 15) is 4.39 Å². The van der Waals surface area contributed by atoms with Crippen LogP contribution in [0.4, 0.5) is 4.39 Å². The summed E-state index contributed by atoms with van der Waals surface area (Å²) >= 11 is 1.92. The first-order valence-corrected chi connectivity index (χ1v) is 6.47. The Morgan fingerprint density at radius 1 is 1.40 bits per heavy atom. The van der Waals surface area contributed by atoms with Crippen LogP contribution in [0.15, 0.2) is 24.3 Å². The number of nitrogens with one attached hydrogen (secondary N) is 1. The minimum atomic E-state index is -0.112. The predicted molar refractivity (Wildman–Crippen MR) is 63.6 cm³/mol. The van der Waals surface area contributed by atoms with Crippen LogP contribution in [0.2, 0.25) is 0 Å². The quantitative estimate of drug-likeness (QED) is 0.827. The predicted octanol–water partition coefficient (Wildman–Crippen LogP) is 2.81. The van der Waals surface area contributed by atoms with E-state index in [1.54, 1.807) is 6.07 Å². The second kappa shape index (κ2) is 4.54. The average Bonchev–Trinajstić information content (AvgIpc) is 3.02. The molecule has 0 amide bonds. The average molecular weight is 225 g/mol. The topological polar surface area (TPSA) is 12.0 Å². The van der Waals surface area contributed by atoms with E-state index < -0.39 is 0 Å². The molecule has 0 bridgehead atoms. The van der Waals surface area contributed by atoms with Crippen molar-refractivity contribution in [3.63, 3.8) is 0 Å². The van der Waals surface area contributed by atoms with Gasteiger partial charge in [0.1, 0.15) is 5.82 Å². The normalized spacial score (nSPS) is 17.7. The van der Waals surface area contributed by atoms with Gasteiger partial charge >= 0.3 is 0 Å². The highest BCUT2D eigenvalue weighted by molar-refractivity contribution is 8.00. The summed E-state index contributed by atoms with van der Waals surface area (Å²) in [5.41, 5.74) is 0.759. The molecule has 1 nitrogen and oxygen atoms in total. The number of hydrogen-bond acceptors (Lipinski definition) is 2. The van der Waals surface area contributed by atoms with Gasteiger partial charge in [0.15, 0.2) is 0 Å². The molecular formula is C12H16FNS. The molecule has 82 valence electrons. The molecule has 1 aromatic rings. The molecule has 1 fully saturated rings. The minimum Gasteiger partial charge on any atom is -0.311 e. The van der Waals surface area contributed by atoms with Gasteiger partial charge in [-0.2, -0.15) is 11.8 Å². The van der Waals surface area contributed by atoms with Crippen LogP contribution in [-0.4, -0.2) is 17.5 Å². The van der Waals surface area contributed by atoms with Crippen molar-refractivity contribution in [3.05, 3.63) is 35.6 Å². The summed E-state index contributed by atoms with van der Waals surface area (Å²) in [5, 5.41) is 3.34. The van der Waals surface area contributed by atoms with Gasteiger partial charge in [-0.15, -0.1) is 0 Å². The Hall–Kier alpha value is -0.540. The summed E-state index contributed by atoms with van der Waals surface area (Å²) < 4.78 is 13.7. The summed E-state index contributed by atoms with van der Waals surface area (Å²) in [6, 6.07) is 6.95. The zero-order chi connectivity index (χ0) is 10.7. The second-order valence-electron chi connectivity index (χ2n) is 4.08. The highest BCUT2D eigenvalue weighted by Crippen LogP contribution is 2.46. The number of rotatable bonds is 5. The smallest absolute Gasteiger partial charge is 0.127 e. The molecule has 0 atom stereocenters. The van der Waals surface area contributed by atoms with Crippen molar-refractivity contribution in [2.45, 2.75) is 24.1 Å². The monoisotopic (exact) mass is 225 g/mol.